The van der Waals surface area contributed by atoms with Crippen LogP contribution in [0.3, 0.4) is 0 Å². The minimum Gasteiger partial charge on any atom is -0.479 e. The Balaban J connectivity index is 3.88. The molecule has 0 rings (SSSR count). The summed E-state index contributed by atoms with van der Waals surface area (Å²) in [5, 5.41) is 10.9. The van der Waals surface area contributed by atoms with Crippen LogP contribution in [0.1, 0.15) is 13.3 Å². The zero-order chi connectivity index (χ0) is 11.1. The second-order valence-corrected chi connectivity index (χ2v) is 3.41. The Hall–Kier alpha value is -0.400. The van der Waals surface area contributed by atoms with Gasteiger partial charge in [-0.2, -0.15) is 0 Å². The number of hydrogen-bond donors (Lipinski definition) is 4. The Kier molecular flexibility index (Phi) is 6.77. The molecule has 0 aromatic heterocycles. The van der Waals surface area contributed by atoms with Crippen molar-refractivity contribution in [3.8, 4) is 0 Å². The first-order chi connectivity index (χ1) is 6.49. The minimum atomic E-state index is -1.34. The van der Waals surface area contributed by atoms with E-state index in [0.29, 0.717) is 6.54 Å². The van der Waals surface area contributed by atoms with Crippen LogP contribution in [0.5, 0.6) is 0 Å². The van der Waals surface area contributed by atoms with Gasteiger partial charge in [0.25, 0.3) is 5.91 Å². The predicted molar refractivity (Wildman–Crippen MR) is 57.6 cm³/mol. The molecule has 0 radical (unpaired) electrons. The summed E-state index contributed by atoms with van der Waals surface area (Å²) in [6, 6.07) is 0. The van der Waals surface area contributed by atoms with Crippen LogP contribution in [0.4, 0.5) is 0 Å². The number of hydrogen-bond acceptors (Lipinski definition) is 5. The average molecular weight is 239 g/mol. The smallest absolute Gasteiger partial charge is 0.343 e. The summed E-state index contributed by atoms with van der Waals surface area (Å²) in [5.41, 5.74) is -2.45. The van der Waals surface area contributed by atoms with Crippen LogP contribution >= 0.6 is 25.3 Å². The summed E-state index contributed by atoms with van der Waals surface area (Å²) in [6.45, 7) is 2.40. The number of carboxylic acids is 1. The molecule has 0 saturated carbocycles. The number of rotatable bonds is 6. The number of amides is 1. The van der Waals surface area contributed by atoms with Gasteiger partial charge in [0, 0.05) is 6.54 Å². The van der Waals surface area contributed by atoms with Crippen LogP contribution < -0.4 is 5.32 Å². The van der Waals surface area contributed by atoms with E-state index in [2.05, 4.69) is 35.3 Å². The lowest BCUT2D eigenvalue weighted by molar-refractivity contribution is -0.147. The lowest BCUT2D eigenvalue weighted by Gasteiger charge is -2.14. The van der Waals surface area contributed by atoms with E-state index in [0.717, 1.165) is 6.42 Å². The van der Waals surface area contributed by atoms with Gasteiger partial charge in [-0.05, 0) is 6.42 Å². The molecule has 0 fully saturated rings. The Labute approximate surface area is 93.0 Å². The molecule has 0 spiro atoms. The molecule has 82 valence electrons. The molecule has 0 aromatic rings. The fraction of sp³-hybridized carbons (Fsp3) is 0.714. The maximum absolute atomic E-state index is 11.1. The van der Waals surface area contributed by atoms with Crippen molar-refractivity contribution in [2.75, 3.05) is 6.54 Å². The first-order valence-corrected chi connectivity index (χ1v) is 5.04. The Morgan fingerprint density at radius 1 is 1.43 bits per heavy atom. The molecule has 0 aliphatic rings. The first kappa shape index (κ1) is 13.6. The van der Waals surface area contributed by atoms with Crippen LogP contribution in [-0.2, 0) is 14.3 Å². The van der Waals surface area contributed by atoms with Crippen molar-refractivity contribution in [1.29, 1.82) is 0 Å². The van der Waals surface area contributed by atoms with Crippen molar-refractivity contribution in [3.05, 3.63) is 0 Å². The molecule has 2 unspecified atom stereocenters. The molecule has 2 N–H and O–H groups in total. The maximum atomic E-state index is 11.1. The van der Waals surface area contributed by atoms with Crippen LogP contribution in [0.15, 0.2) is 0 Å². The highest BCUT2D eigenvalue weighted by Crippen LogP contribution is 2.06. The Bertz CT molecular complexity index is 212. The van der Waals surface area contributed by atoms with Crippen LogP contribution in [0, 0.1) is 0 Å². The molecule has 5 nitrogen and oxygen atoms in total. The van der Waals surface area contributed by atoms with E-state index in [9.17, 15) is 9.59 Å². The van der Waals surface area contributed by atoms with E-state index in [-0.39, 0.29) is 0 Å². The normalized spacial score (nSPS) is 14.5. The van der Waals surface area contributed by atoms with Crippen molar-refractivity contribution in [3.63, 3.8) is 0 Å². The fourth-order valence-electron chi connectivity index (χ4n) is 0.578. The summed E-state index contributed by atoms with van der Waals surface area (Å²) in [5.74, 6) is -1.72. The van der Waals surface area contributed by atoms with Gasteiger partial charge in [0.15, 0.2) is 10.9 Å². The van der Waals surface area contributed by atoms with Gasteiger partial charge in [-0.15, -0.1) is 25.3 Å². The number of aliphatic carboxylic acids is 1. The van der Waals surface area contributed by atoms with Crippen LogP contribution in [-0.4, -0.2) is 34.4 Å². The average Bonchev–Trinajstić information content (AvgIpc) is 2.13. The number of thiol groups is 2. The molecule has 1 amide bonds. The summed E-state index contributed by atoms with van der Waals surface area (Å²) >= 11 is 7.38. The lowest BCUT2D eigenvalue weighted by atomic mass is 10.5. The topological polar surface area (TPSA) is 75.6 Å². The van der Waals surface area contributed by atoms with E-state index < -0.39 is 22.7 Å². The van der Waals surface area contributed by atoms with Crippen molar-refractivity contribution in [1.82, 2.24) is 5.32 Å². The third-order valence-electron chi connectivity index (χ3n) is 1.24. The highest BCUT2D eigenvalue weighted by atomic mass is 32.1. The number of carbonyl (C=O) groups is 2. The summed E-state index contributed by atoms with van der Waals surface area (Å²) < 4.78 is 4.69. The zero-order valence-electron chi connectivity index (χ0n) is 7.64. The van der Waals surface area contributed by atoms with E-state index in [4.69, 9.17) is 5.11 Å². The number of nitrogens with one attached hydrogen (secondary N) is 1. The number of carboxylic acid groups (broad SMARTS) is 1. The van der Waals surface area contributed by atoms with E-state index >= 15 is 0 Å². The second kappa shape index (κ2) is 6.97. The highest BCUT2D eigenvalue weighted by Gasteiger charge is 2.21. The van der Waals surface area contributed by atoms with Gasteiger partial charge in [-0.1, -0.05) is 6.92 Å². The van der Waals surface area contributed by atoms with Gasteiger partial charge in [0.2, 0.25) is 0 Å². The van der Waals surface area contributed by atoms with Gasteiger partial charge in [-0.3, -0.25) is 4.79 Å². The molecule has 0 bridgehead atoms. The summed E-state index contributed by atoms with van der Waals surface area (Å²) in [4.78, 5) is 21.4. The molecule has 7 heteroatoms. The molecule has 0 aromatic carbocycles. The van der Waals surface area contributed by atoms with Crippen LogP contribution in [0.25, 0.3) is 0 Å². The van der Waals surface area contributed by atoms with Crippen molar-refractivity contribution in [2.45, 2.75) is 24.2 Å². The third-order valence-corrected chi connectivity index (χ3v) is 1.94. The van der Waals surface area contributed by atoms with Gasteiger partial charge in [0.1, 0.15) is 0 Å². The molecular weight excluding hydrogens is 226 g/mol. The number of carbonyl (C=O) groups excluding carboxylic acids is 1. The Morgan fingerprint density at radius 2 is 2.00 bits per heavy atom. The van der Waals surface area contributed by atoms with E-state index in [1.54, 1.807) is 0 Å². The molecule has 0 aliphatic heterocycles. The highest BCUT2D eigenvalue weighted by molar-refractivity contribution is 7.82. The zero-order valence-corrected chi connectivity index (χ0v) is 9.42. The van der Waals surface area contributed by atoms with Gasteiger partial charge in [-0.25, -0.2) is 4.79 Å². The van der Waals surface area contributed by atoms with Gasteiger partial charge >= 0.3 is 5.97 Å². The quantitative estimate of drug-likeness (QED) is 0.392. The first-order valence-electron chi connectivity index (χ1n) is 4.01. The molecule has 2 atom stereocenters. The van der Waals surface area contributed by atoms with E-state index in [1.165, 1.54) is 0 Å². The largest absolute Gasteiger partial charge is 0.479 e. The third kappa shape index (κ3) is 5.36. The van der Waals surface area contributed by atoms with Gasteiger partial charge in [0.05, 0.1) is 0 Å². The predicted octanol–water partition coefficient (Wildman–Crippen LogP) is 0.126. The van der Waals surface area contributed by atoms with Crippen molar-refractivity contribution >= 4 is 37.1 Å². The number of ether oxygens (including phenoxy) is 1. The summed E-state index contributed by atoms with van der Waals surface area (Å²) in [7, 11) is 0. The van der Waals surface area contributed by atoms with Crippen molar-refractivity contribution in [2.24, 2.45) is 0 Å². The maximum Gasteiger partial charge on any atom is 0.343 e. The SMILES string of the molecule is CCCNC(=O)C(S)OC(S)C(=O)O. The standard InChI is InChI=1S/C7H13NO4S2/c1-2-3-8-4(9)6(13)12-7(14)5(10)11/h6-7,13-14H,2-3H2,1H3,(H,8,9)(H,10,11). The minimum absolute atomic E-state index is 0.463. The molecule has 0 saturated heterocycles. The second-order valence-electron chi connectivity index (χ2n) is 2.47. The van der Waals surface area contributed by atoms with Crippen LogP contribution in [0.2, 0.25) is 0 Å². The molecular formula is C7H13NO4S2. The molecule has 0 aliphatic carbocycles. The fourth-order valence-corrected chi connectivity index (χ4v) is 1.01. The van der Waals surface area contributed by atoms with E-state index in [1.807, 2.05) is 6.92 Å². The monoisotopic (exact) mass is 239 g/mol. The molecule has 0 heterocycles. The Morgan fingerprint density at radius 3 is 2.43 bits per heavy atom. The molecule has 14 heavy (non-hydrogen) atoms. The van der Waals surface area contributed by atoms with Crippen molar-refractivity contribution < 1.29 is 19.4 Å². The van der Waals surface area contributed by atoms with Gasteiger partial charge < -0.3 is 15.2 Å². The summed E-state index contributed by atoms with van der Waals surface area (Å²) in [6.07, 6.45) is 0.787. The lowest BCUT2D eigenvalue weighted by Crippen LogP contribution is -2.36.